The number of carbonyl (C=O) groups excluding carboxylic acids is 1. The van der Waals surface area contributed by atoms with Crippen molar-refractivity contribution in [3.05, 3.63) is 105 Å². The van der Waals surface area contributed by atoms with Crippen molar-refractivity contribution in [2.45, 2.75) is 62.6 Å². The molecule has 3 aromatic carbocycles. The first-order valence-corrected chi connectivity index (χ1v) is 16.9. The van der Waals surface area contributed by atoms with Crippen molar-refractivity contribution < 1.29 is 18.3 Å². The van der Waals surface area contributed by atoms with Gasteiger partial charge >= 0.3 is 5.97 Å². The second-order valence-electron chi connectivity index (χ2n) is 11.9. The number of aliphatic imine (C=N–C) groups is 1. The van der Waals surface area contributed by atoms with Crippen molar-refractivity contribution in [3.8, 4) is 0 Å². The van der Waals surface area contributed by atoms with E-state index in [2.05, 4.69) is 33.9 Å². The lowest BCUT2D eigenvalue weighted by Crippen LogP contribution is -2.50. The van der Waals surface area contributed by atoms with Crippen LogP contribution in [0.1, 0.15) is 55.6 Å². The van der Waals surface area contributed by atoms with E-state index in [1.165, 1.54) is 19.2 Å². The van der Waals surface area contributed by atoms with Gasteiger partial charge in [0.2, 0.25) is 0 Å². The van der Waals surface area contributed by atoms with Crippen LogP contribution in [0.25, 0.3) is 0 Å². The molecule has 5 nitrogen and oxygen atoms in total. The van der Waals surface area contributed by atoms with Crippen LogP contribution in [0.2, 0.25) is 28.2 Å². The van der Waals surface area contributed by atoms with Gasteiger partial charge in [-0.2, -0.15) is 0 Å². The van der Waals surface area contributed by atoms with E-state index in [-0.39, 0.29) is 10.9 Å². The lowest BCUT2D eigenvalue weighted by atomic mass is 9.80. The summed E-state index contributed by atoms with van der Waals surface area (Å²) in [7, 11) is -1.07. The van der Waals surface area contributed by atoms with Crippen molar-refractivity contribution in [2.75, 3.05) is 7.11 Å². The van der Waals surface area contributed by atoms with Gasteiger partial charge in [0, 0.05) is 15.6 Å². The average Bonchev–Trinajstić information content (AvgIpc) is 3.58. The minimum atomic E-state index is -2.45. The molecule has 9 heteroatoms. The highest BCUT2D eigenvalue weighted by Crippen LogP contribution is 2.69. The molecule has 5 rings (SSSR count). The number of rotatable bonds is 5. The summed E-state index contributed by atoms with van der Waals surface area (Å²) in [5, 5.41) is 0.730. The molecular weight excluding hydrogens is 566 g/mol. The molecule has 2 aliphatic rings. The number of ether oxygens (including phenoxy) is 1. The second-order valence-corrected chi connectivity index (χ2v) is 17.4. The third kappa shape index (κ3) is 4.57. The molecule has 0 N–H and O–H groups in total. The molecule has 1 saturated heterocycles. The molecule has 0 bridgehead atoms. The Morgan fingerprint density at radius 3 is 2.10 bits per heavy atom. The van der Waals surface area contributed by atoms with Gasteiger partial charge in [-0.3, -0.25) is 0 Å². The first-order valence-electron chi connectivity index (χ1n) is 13.2. The number of carbonyl (C=O) groups is 1. The van der Waals surface area contributed by atoms with Crippen LogP contribution >= 0.6 is 23.2 Å². The van der Waals surface area contributed by atoms with Gasteiger partial charge in [-0.15, -0.1) is 0 Å². The van der Waals surface area contributed by atoms with Gasteiger partial charge in [-0.25, -0.2) is 19.1 Å². The fourth-order valence-corrected chi connectivity index (χ4v) is 7.07. The molecule has 1 unspecified atom stereocenters. The van der Waals surface area contributed by atoms with Crippen LogP contribution in [0.3, 0.4) is 0 Å². The Morgan fingerprint density at radius 1 is 0.950 bits per heavy atom. The third-order valence-electron chi connectivity index (χ3n) is 8.51. The minimum Gasteiger partial charge on any atom is -0.533 e. The standard InChI is InChI=1S/C31H33Cl2FN2O3Si/c1-30(2,3)40(5,6)39-28-25(19-15-17-21(34)18-16-19)31(29(37)38-4)26(24-22(32)13-10-14-23(24)33)36(31)27(35-28)20-11-8-7-9-12-20/h7-18,25-27H,1-6H3/t25-,26+,27+,31+,36?/m0/s1. The van der Waals surface area contributed by atoms with Gasteiger partial charge in [0.1, 0.15) is 12.0 Å². The number of esters is 1. The van der Waals surface area contributed by atoms with E-state index in [1.54, 1.807) is 30.3 Å². The van der Waals surface area contributed by atoms with Gasteiger partial charge in [0.25, 0.3) is 8.32 Å². The van der Waals surface area contributed by atoms with Gasteiger partial charge in [-0.05, 0) is 53.5 Å². The van der Waals surface area contributed by atoms with Crippen LogP contribution in [0.4, 0.5) is 4.39 Å². The number of hydrogen-bond acceptors (Lipinski definition) is 5. The third-order valence-corrected chi connectivity index (χ3v) is 13.5. The summed E-state index contributed by atoms with van der Waals surface area (Å²) in [5.41, 5.74) is 0.899. The summed E-state index contributed by atoms with van der Waals surface area (Å²) in [4.78, 5) is 21.4. The van der Waals surface area contributed by atoms with E-state index in [9.17, 15) is 9.18 Å². The van der Waals surface area contributed by atoms with Crippen molar-refractivity contribution in [3.63, 3.8) is 0 Å². The first kappa shape index (κ1) is 28.8. The normalized spacial score (nSPS) is 26.0. The molecule has 210 valence electrons. The molecule has 5 atom stereocenters. The van der Waals surface area contributed by atoms with Crippen LogP contribution in [0, 0.1) is 5.82 Å². The molecule has 0 amide bonds. The van der Waals surface area contributed by atoms with E-state index in [0.29, 0.717) is 27.1 Å². The molecule has 2 heterocycles. The van der Waals surface area contributed by atoms with E-state index in [4.69, 9.17) is 37.4 Å². The highest BCUT2D eigenvalue weighted by atomic mass is 35.5. The predicted molar refractivity (Wildman–Crippen MR) is 160 cm³/mol. The zero-order valence-corrected chi connectivity index (χ0v) is 25.9. The second kappa shape index (κ2) is 10.3. The quantitative estimate of drug-likeness (QED) is 0.168. The molecule has 2 aliphatic heterocycles. The summed E-state index contributed by atoms with van der Waals surface area (Å²) in [6, 6.07) is 20.6. The van der Waals surface area contributed by atoms with Crippen LogP contribution in [-0.4, -0.2) is 37.7 Å². The molecule has 0 spiro atoms. The highest BCUT2D eigenvalue weighted by Gasteiger charge is 2.79. The summed E-state index contributed by atoms with van der Waals surface area (Å²) < 4.78 is 26.6. The van der Waals surface area contributed by atoms with Gasteiger partial charge in [-0.1, -0.05) is 92.5 Å². The number of nitrogens with zero attached hydrogens (tertiary/aromatic N) is 2. The Balaban J connectivity index is 1.82. The summed E-state index contributed by atoms with van der Waals surface area (Å²) >= 11 is 13.6. The Bertz CT molecular complexity index is 1440. The topological polar surface area (TPSA) is 50.9 Å². The maximum absolute atomic E-state index is 14.1. The van der Waals surface area contributed by atoms with E-state index >= 15 is 0 Å². The zero-order valence-electron chi connectivity index (χ0n) is 23.4. The van der Waals surface area contributed by atoms with Crippen LogP contribution < -0.4 is 0 Å². The van der Waals surface area contributed by atoms with Gasteiger partial charge in [0.05, 0.1) is 19.1 Å². The Labute approximate surface area is 246 Å². The predicted octanol–water partition coefficient (Wildman–Crippen LogP) is 8.32. The molecule has 1 fully saturated rings. The fraction of sp³-hybridized carbons (Fsp3) is 0.355. The van der Waals surface area contributed by atoms with E-state index < -0.39 is 38.0 Å². The number of benzene rings is 3. The number of hydrogen-bond donors (Lipinski definition) is 0. The molecule has 40 heavy (non-hydrogen) atoms. The summed E-state index contributed by atoms with van der Waals surface area (Å²) in [5.74, 6) is -1.11. The van der Waals surface area contributed by atoms with Gasteiger partial charge in [0.15, 0.2) is 11.4 Å². The first-order chi connectivity index (χ1) is 18.8. The SMILES string of the molecule is COC(=O)[C@]12[C@@H](c3ccc(F)cc3)C(O[Si](C)(C)C(C)(C)C)=N[C@@H](c3ccccc3)N1[C@@H]2c1c(Cl)cccc1Cl. The lowest BCUT2D eigenvalue weighted by Gasteiger charge is -2.41. The molecule has 0 radical (unpaired) electrons. The fourth-order valence-electron chi connectivity index (χ4n) is 5.46. The maximum atomic E-state index is 14.1. The van der Waals surface area contributed by atoms with Crippen molar-refractivity contribution in [1.29, 1.82) is 0 Å². The Morgan fingerprint density at radius 2 is 1.55 bits per heavy atom. The van der Waals surface area contributed by atoms with Gasteiger partial charge < -0.3 is 9.16 Å². The van der Waals surface area contributed by atoms with Crippen molar-refractivity contribution >= 4 is 43.4 Å². The summed E-state index contributed by atoms with van der Waals surface area (Å²) in [6.07, 6.45) is -0.575. The Hall–Kier alpha value is -2.71. The molecule has 0 aromatic heterocycles. The lowest BCUT2D eigenvalue weighted by molar-refractivity contribution is -0.146. The van der Waals surface area contributed by atoms with Crippen molar-refractivity contribution in [2.24, 2.45) is 4.99 Å². The van der Waals surface area contributed by atoms with Crippen LogP contribution in [0.15, 0.2) is 77.8 Å². The maximum Gasteiger partial charge on any atom is 0.329 e. The molecule has 3 aromatic rings. The van der Waals surface area contributed by atoms with Crippen LogP contribution in [0.5, 0.6) is 0 Å². The Kier molecular flexibility index (Phi) is 7.40. The molecule has 0 aliphatic carbocycles. The summed E-state index contributed by atoms with van der Waals surface area (Å²) in [6.45, 7) is 10.7. The number of methoxy groups -OCH3 is 1. The smallest absolute Gasteiger partial charge is 0.329 e. The number of fused-ring (bicyclic) bond motifs is 1. The molecule has 0 saturated carbocycles. The number of halogens is 3. The zero-order chi connectivity index (χ0) is 29.0. The highest BCUT2D eigenvalue weighted by molar-refractivity contribution is 6.75. The monoisotopic (exact) mass is 598 g/mol. The van der Waals surface area contributed by atoms with E-state index in [0.717, 1.165) is 5.56 Å². The largest absolute Gasteiger partial charge is 0.533 e. The molecular formula is C31H33Cl2FN2O3Si. The average molecular weight is 600 g/mol. The van der Waals surface area contributed by atoms with Crippen LogP contribution in [-0.2, 0) is 14.0 Å². The van der Waals surface area contributed by atoms with E-state index in [1.807, 2.05) is 35.2 Å². The minimum absolute atomic E-state index is 0.143. The van der Waals surface area contributed by atoms with Crippen molar-refractivity contribution in [1.82, 2.24) is 4.90 Å².